The highest BCUT2D eigenvalue weighted by atomic mass is 15.4. The van der Waals surface area contributed by atoms with Gasteiger partial charge in [0, 0.05) is 7.05 Å². The highest BCUT2D eigenvalue weighted by Crippen LogP contribution is 2.17. The van der Waals surface area contributed by atoms with Crippen LogP contribution < -0.4 is 0 Å². The first kappa shape index (κ1) is 20.5. The molecule has 1 unspecified atom stereocenters. The lowest BCUT2D eigenvalue weighted by molar-refractivity contribution is -0.861. The summed E-state index contributed by atoms with van der Waals surface area (Å²) in [6.45, 7) is 4.75. The predicted octanol–water partition coefficient (Wildman–Crippen LogP) is 6.29. The summed E-state index contributed by atoms with van der Waals surface area (Å²) in [6, 6.07) is 0. The number of hydrogen-bond acceptors (Lipinski definition) is 1. The Hall–Kier alpha value is -0.500. The Morgan fingerprint density at radius 1 is 0.739 bits per heavy atom. The van der Waals surface area contributed by atoms with Crippen LogP contribution in [0, 0.1) is 0 Å². The molecule has 23 heavy (non-hydrogen) atoms. The first-order valence-corrected chi connectivity index (χ1v) is 10.4. The van der Waals surface area contributed by atoms with E-state index in [4.69, 9.17) is 0 Å². The zero-order chi connectivity index (χ0) is 16.8. The summed E-state index contributed by atoms with van der Waals surface area (Å²) in [5, 5.41) is 0. The zero-order valence-corrected chi connectivity index (χ0v) is 16.4. The normalized spacial score (nSPS) is 20.6. The van der Waals surface area contributed by atoms with E-state index < -0.39 is 0 Å². The van der Waals surface area contributed by atoms with Gasteiger partial charge < -0.3 is 4.90 Å². The van der Waals surface area contributed by atoms with E-state index in [1.54, 1.807) is 0 Å². The van der Waals surface area contributed by atoms with Crippen molar-refractivity contribution in [1.82, 2.24) is 4.90 Å². The summed E-state index contributed by atoms with van der Waals surface area (Å²) in [4.78, 5) is 2.30. The Labute approximate surface area is 146 Å². The number of hydrogen-bond donors (Lipinski definition) is 0. The molecule has 0 N–H and O–H groups in total. The van der Waals surface area contributed by atoms with Gasteiger partial charge in [-0.3, -0.25) is 4.48 Å². The molecule has 0 amide bonds. The second-order valence-corrected chi connectivity index (χ2v) is 8.00. The van der Waals surface area contributed by atoms with E-state index in [-0.39, 0.29) is 0 Å². The maximum Gasteiger partial charge on any atom is 0.158 e. The summed E-state index contributed by atoms with van der Waals surface area (Å²) < 4.78 is 1.11. The third-order valence-corrected chi connectivity index (χ3v) is 5.25. The Bertz CT molecular complexity index is 300. The van der Waals surface area contributed by atoms with Gasteiger partial charge in [0.05, 0.1) is 19.8 Å². The summed E-state index contributed by atoms with van der Waals surface area (Å²) in [7, 11) is 4.52. The van der Waals surface area contributed by atoms with Gasteiger partial charge in [-0.25, -0.2) is 0 Å². The van der Waals surface area contributed by atoms with E-state index in [1.165, 1.54) is 96.4 Å². The van der Waals surface area contributed by atoms with Gasteiger partial charge in [0.2, 0.25) is 0 Å². The largest absolute Gasteiger partial charge is 0.329 e. The molecule has 1 rings (SSSR count). The van der Waals surface area contributed by atoms with E-state index in [0.29, 0.717) is 0 Å². The van der Waals surface area contributed by atoms with Crippen molar-refractivity contribution in [2.75, 3.05) is 27.3 Å². The highest BCUT2D eigenvalue weighted by molar-refractivity contribution is 4.78. The van der Waals surface area contributed by atoms with Crippen LogP contribution in [0.5, 0.6) is 0 Å². The van der Waals surface area contributed by atoms with Crippen molar-refractivity contribution in [3.63, 3.8) is 0 Å². The molecule has 0 fully saturated rings. The fourth-order valence-corrected chi connectivity index (χ4v) is 3.69. The molecule has 0 aromatic carbocycles. The molecular formula is C21H43N2+. The molecule has 0 radical (unpaired) electrons. The van der Waals surface area contributed by atoms with Crippen molar-refractivity contribution in [2.24, 2.45) is 0 Å². The van der Waals surface area contributed by atoms with Gasteiger partial charge in [-0.2, -0.15) is 0 Å². The second-order valence-electron chi connectivity index (χ2n) is 8.00. The maximum atomic E-state index is 2.35. The van der Waals surface area contributed by atoms with Crippen LogP contribution in [0.3, 0.4) is 0 Å². The maximum absolute atomic E-state index is 2.35. The summed E-state index contributed by atoms with van der Waals surface area (Å²) in [5.41, 5.74) is 0. The van der Waals surface area contributed by atoms with Crippen LogP contribution in [0.25, 0.3) is 0 Å². The molecule has 2 nitrogen and oxygen atoms in total. The molecule has 0 bridgehead atoms. The average molecular weight is 324 g/mol. The predicted molar refractivity (Wildman–Crippen MR) is 103 cm³/mol. The van der Waals surface area contributed by atoms with Gasteiger partial charge in [0.1, 0.15) is 6.20 Å². The first-order valence-electron chi connectivity index (χ1n) is 10.4. The Balaban J connectivity index is 1.76. The number of unbranched alkanes of at least 4 members (excludes halogenated alkanes) is 13. The lowest BCUT2D eigenvalue weighted by Crippen LogP contribution is -2.40. The average Bonchev–Trinajstić information content (AvgIpc) is 2.87. The monoisotopic (exact) mass is 323 g/mol. The molecule has 0 saturated heterocycles. The van der Waals surface area contributed by atoms with Crippen LogP contribution in [-0.2, 0) is 0 Å². The van der Waals surface area contributed by atoms with Gasteiger partial charge in [-0.1, -0.05) is 84.0 Å². The molecule has 0 aromatic rings. The molecule has 0 saturated carbocycles. The molecule has 1 aliphatic heterocycles. The van der Waals surface area contributed by atoms with Gasteiger partial charge >= 0.3 is 0 Å². The van der Waals surface area contributed by atoms with E-state index in [0.717, 1.165) is 11.2 Å². The van der Waals surface area contributed by atoms with Gasteiger partial charge in [-0.05, 0) is 12.8 Å². The lowest BCUT2D eigenvalue weighted by atomic mass is 10.0. The van der Waals surface area contributed by atoms with E-state index >= 15 is 0 Å². The van der Waals surface area contributed by atoms with Gasteiger partial charge in [0.25, 0.3) is 0 Å². The minimum Gasteiger partial charge on any atom is -0.329 e. The highest BCUT2D eigenvalue weighted by Gasteiger charge is 2.24. The molecule has 1 heterocycles. The zero-order valence-electron chi connectivity index (χ0n) is 16.4. The van der Waals surface area contributed by atoms with Crippen molar-refractivity contribution < 1.29 is 4.48 Å². The first-order chi connectivity index (χ1) is 11.2. The summed E-state index contributed by atoms with van der Waals surface area (Å²) in [6.07, 6.45) is 24.8. The Kier molecular flexibility index (Phi) is 11.5. The number of nitrogens with zero attached hydrogens (tertiary/aromatic N) is 2. The molecule has 1 aliphatic rings. The van der Waals surface area contributed by atoms with Crippen LogP contribution in [-0.4, -0.2) is 36.7 Å². The van der Waals surface area contributed by atoms with Crippen molar-refractivity contribution in [3.8, 4) is 0 Å². The standard InChI is InChI=1S/C21H43N2/c1-4-5-6-7-8-9-10-11-12-13-14-15-16-17-19-23(3)20-18-22(2)21-23/h18,20H,4-17,19,21H2,1-3H3/q+1. The SMILES string of the molecule is CCCCCCCCCCCCCCCC[N+]1(C)C=CN(C)C1. The third-order valence-electron chi connectivity index (χ3n) is 5.25. The van der Waals surface area contributed by atoms with E-state index in [1.807, 2.05) is 0 Å². The molecule has 136 valence electrons. The van der Waals surface area contributed by atoms with Crippen molar-refractivity contribution in [2.45, 2.75) is 96.8 Å². The fourth-order valence-electron chi connectivity index (χ4n) is 3.69. The fraction of sp³-hybridized carbons (Fsp3) is 0.905. The van der Waals surface area contributed by atoms with Crippen LogP contribution in [0.15, 0.2) is 12.4 Å². The topological polar surface area (TPSA) is 3.24 Å². The molecular weight excluding hydrogens is 280 g/mol. The van der Waals surface area contributed by atoms with Crippen LogP contribution >= 0.6 is 0 Å². The number of quaternary nitrogens is 1. The van der Waals surface area contributed by atoms with E-state index in [9.17, 15) is 0 Å². The lowest BCUT2D eigenvalue weighted by Gasteiger charge is -2.27. The second kappa shape index (κ2) is 12.9. The van der Waals surface area contributed by atoms with Gasteiger partial charge in [-0.15, -0.1) is 0 Å². The number of rotatable bonds is 15. The van der Waals surface area contributed by atoms with Crippen LogP contribution in [0.2, 0.25) is 0 Å². The molecule has 0 spiro atoms. The van der Waals surface area contributed by atoms with Crippen LogP contribution in [0.1, 0.15) is 96.8 Å². The third kappa shape index (κ3) is 10.8. The molecule has 0 aliphatic carbocycles. The Morgan fingerprint density at radius 2 is 1.17 bits per heavy atom. The molecule has 2 heteroatoms. The van der Waals surface area contributed by atoms with Crippen LogP contribution in [0.4, 0.5) is 0 Å². The van der Waals surface area contributed by atoms with Crippen molar-refractivity contribution in [3.05, 3.63) is 12.4 Å². The molecule has 0 aromatic heterocycles. The summed E-state index contributed by atoms with van der Waals surface area (Å²) in [5.74, 6) is 0. The van der Waals surface area contributed by atoms with Crippen molar-refractivity contribution >= 4 is 0 Å². The summed E-state index contributed by atoms with van der Waals surface area (Å²) >= 11 is 0. The smallest absolute Gasteiger partial charge is 0.158 e. The Morgan fingerprint density at radius 3 is 1.57 bits per heavy atom. The van der Waals surface area contributed by atoms with Crippen molar-refractivity contribution in [1.29, 1.82) is 0 Å². The minimum absolute atomic E-state index is 1.11. The molecule has 1 atom stereocenters. The van der Waals surface area contributed by atoms with Gasteiger partial charge in [0.15, 0.2) is 6.67 Å². The van der Waals surface area contributed by atoms with E-state index in [2.05, 4.69) is 38.3 Å². The minimum atomic E-state index is 1.11. The quantitative estimate of drug-likeness (QED) is 0.253.